The molecule has 0 saturated carbocycles. The molecule has 1 atom stereocenters. The molecular weight excluding hydrogens is 449 g/mol. The molecule has 3 aromatic rings. The first-order valence-corrected chi connectivity index (χ1v) is 10.7. The van der Waals surface area contributed by atoms with Gasteiger partial charge >= 0.3 is 0 Å². The molecule has 0 bridgehead atoms. The molecule has 2 N–H and O–H groups in total. The minimum absolute atomic E-state index is 0.0805. The highest BCUT2D eigenvalue weighted by atomic mass is 35.5. The zero-order valence-corrected chi connectivity index (χ0v) is 18.4. The topological polar surface area (TPSA) is 78.5 Å². The van der Waals surface area contributed by atoms with Crippen molar-refractivity contribution in [2.45, 2.75) is 6.42 Å². The van der Waals surface area contributed by atoms with Crippen LogP contribution in [-0.2, 0) is 9.59 Å². The summed E-state index contributed by atoms with van der Waals surface area (Å²) in [6.45, 7) is 0.329. The number of hydrogen-bond acceptors (Lipinski definition) is 3. The van der Waals surface area contributed by atoms with Crippen LogP contribution >= 0.6 is 23.2 Å². The minimum Gasteiger partial charge on any atom is -0.326 e. The number of amides is 3. The van der Waals surface area contributed by atoms with E-state index in [-0.39, 0.29) is 24.1 Å². The molecule has 0 spiro atoms. The van der Waals surface area contributed by atoms with Crippen LogP contribution in [0.3, 0.4) is 0 Å². The Morgan fingerprint density at radius 3 is 2.34 bits per heavy atom. The largest absolute Gasteiger partial charge is 0.326 e. The second kappa shape index (κ2) is 9.42. The van der Waals surface area contributed by atoms with Crippen molar-refractivity contribution in [2.75, 3.05) is 22.1 Å². The predicted molar refractivity (Wildman–Crippen MR) is 126 cm³/mol. The highest BCUT2D eigenvalue weighted by Gasteiger charge is 2.35. The van der Waals surface area contributed by atoms with E-state index in [1.54, 1.807) is 47.4 Å². The smallest absolute Gasteiger partial charge is 0.255 e. The molecule has 6 nitrogen and oxygen atoms in total. The van der Waals surface area contributed by atoms with E-state index in [1.165, 1.54) is 0 Å². The number of nitrogens with one attached hydrogen (secondary N) is 2. The van der Waals surface area contributed by atoms with Crippen LogP contribution in [0.5, 0.6) is 0 Å². The standard InChI is InChI=1S/C24H19Cl2N3O3/c25-17-8-11-20(26)21(13-17)28-23(31)15-6-9-18(10-7-15)27-24(32)16-12-22(30)29(14-16)19-4-2-1-3-5-19/h1-11,13,16H,12,14H2,(H,27,32)(H,28,31). The summed E-state index contributed by atoms with van der Waals surface area (Å²) in [6, 6.07) is 20.5. The Labute approximate surface area is 195 Å². The van der Waals surface area contributed by atoms with Gasteiger partial charge in [0.05, 0.1) is 16.6 Å². The van der Waals surface area contributed by atoms with E-state index in [9.17, 15) is 14.4 Å². The number of carbonyl (C=O) groups excluding carboxylic acids is 3. The van der Waals surface area contributed by atoms with Gasteiger partial charge in [-0.1, -0.05) is 41.4 Å². The van der Waals surface area contributed by atoms with Crippen molar-refractivity contribution < 1.29 is 14.4 Å². The quantitative estimate of drug-likeness (QED) is 0.538. The van der Waals surface area contributed by atoms with Crippen LogP contribution in [0.25, 0.3) is 0 Å². The Kier molecular flexibility index (Phi) is 6.44. The fourth-order valence-corrected chi connectivity index (χ4v) is 3.81. The third kappa shape index (κ3) is 4.93. The van der Waals surface area contributed by atoms with Gasteiger partial charge in [-0.25, -0.2) is 0 Å². The average molecular weight is 468 g/mol. The monoisotopic (exact) mass is 467 g/mol. The summed E-state index contributed by atoms with van der Waals surface area (Å²) in [5, 5.41) is 6.37. The molecule has 32 heavy (non-hydrogen) atoms. The lowest BCUT2D eigenvalue weighted by molar-refractivity contribution is -0.122. The van der Waals surface area contributed by atoms with E-state index in [1.807, 2.05) is 30.3 Å². The van der Waals surface area contributed by atoms with Gasteiger partial charge in [-0.3, -0.25) is 14.4 Å². The molecule has 3 aromatic carbocycles. The molecule has 1 heterocycles. The lowest BCUT2D eigenvalue weighted by atomic mass is 10.1. The van der Waals surface area contributed by atoms with Gasteiger partial charge in [0.25, 0.3) is 5.91 Å². The Bertz CT molecular complexity index is 1170. The average Bonchev–Trinajstić information content (AvgIpc) is 3.19. The van der Waals surface area contributed by atoms with Crippen LogP contribution in [-0.4, -0.2) is 24.3 Å². The molecule has 1 unspecified atom stereocenters. The molecule has 4 rings (SSSR count). The number of rotatable bonds is 5. The van der Waals surface area contributed by atoms with E-state index >= 15 is 0 Å². The summed E-state index contributed by atoms with van der Waals surface area (Å²) in [6.07, 6.45) is 0.154. The fourth-order valence-electron chi connectivity index (χ4n) is 3.48. The summed E-state index contributed by atoms with van der Waals surface area (Å²) in [4.78, 5) is 39.1. The number of hydrogen-bond donors (Lipinski definition) is 2. The Balaban J connectivity index is 1.37. The second-order valence-electron chi connectivity index (χ2n) is 7.39. The number of nitrogens with zero attached hydrogens (tertiary/aromatic N) is 1. The van der Waals surface area contributed by atoms with Crippen LogP contribution in [0, 0.1) is 5.92 Å². The van der Waals surface area contributed by atoms with Crippen LogP contribution in [0.2, 0.25) is 10.0 Å². The number of para-hydroxylation sites is 1. The van der Waals surface area contributed by atoms with Crippen molar-refractivity contribution in [1.29, 1.82) is 0 Å². The first-order valence-electron chi connectivity index (χ1n) is 9.93. The van der Waals surface area contributed by atoms with Crippen molar-refractivity contribution >= 4 is 58.0 Å². The van der Waals surface area contributed by atoms with Crippen molar-refractivity contribution in [3.63, 3.8) is 0 Å². The van der Waals surface area contributed by atoms with Gasteiger partial charge < -0.3 is 15.5 Å². The third-order valence-electron chi connectivity index (χ3n) is 5.15. The summed E-state index contributed by atoms with van der Waals surface area (Å²) in [7, 11) is 0. The van der Waals surface area contributed by atoms with Gasteiger partial charge in [-0.15, -0.1) is 0 Å². The van der Waals surface area contributed by atoms with E-state index < -0.39 is 5.92 Å². The molecule has 3 amide bonds. The zero-order chi connectivity index (χ0) is 22.7. The predicted octanol–water partition coefficient (Wildman–Crippen LogP) is 5.24. The molecular formula is C24H19Cl2N3O3. The lowest BCUT2D eigenvalue weighted by Gasteiger charge is -2.16. The van der Waals surface area contributed by atoms with Gasteiger partial charge in [0.1, 0.15) is 0 Å². The molecule has 1 aliphatic rings. The number of benzene rings is 3. The first kappa shape index (κ1) is 21.9. The SMILES string of the molecule is O=C(Nc1cc(Cl)ccc1Cl)c1ccc(NC(=O)C2CC(=O)N(c3ccccc3)C2)cc1. The van der Waals surface area contributed by atoms with Crippen LogP contribution < -0.4 is 15.5 Å². The summed E-state index contributed by atoms with van der Waals surface area (Å²) in [5.74, 6) is -1.12. The van der Waals surface area contributed by atoms with E-state index in [2.05, 4.69) is 10.6 Å². The zero-order valence-electron chi connectivity index (χ0n) is 16.8. The van der Waals surface area contributed by atoms with E-state index in [4.69, 9.17) is 23.2 Å². The summed E-state index contributed by atoms with van der Waals surface area (Å²) >= 11 is 12.0. The molecule has 0 radical (unpaired) electrons. The Hall–Kier alpha value is -3.35. The van der Waals surface area contributed by atoms with Gasteiger partial charge in [0, 0.05) is 34.9 Å². The Morgan fingerprint density at radius 1 is 0.906 bits per heavy atom. The maximum absolute atomic E-state index is 12.7. The lowest BCUT2D eigenvalue weighted by Crippen LogP contribution is -2.28. The highest BCUT2D eigenvalue weighted by molar-refractivity contribution is 6.35. The van der Waals surface area contributed by atoms with Gasteiger partial charge in [0.15, 0.2) is 0 Å². The van der Waals surface area contributed by atoms with Gasteiger partial charge in [0.2, 0.25) is 11.8 Å². The maximum atomic E-state index is 12.7. The van der Waals surface area contributed by atoms with Crippen LogP contribution in [0.1, 0.15) is 16.8 Å². The number of halogens is 2. The van der Waals surface area contributed by atoms with E-state index in [0.29, 0.717) is 33.5 Å². The number of carbonyl (C=O) groups is 3. The van der Waals surface area contributed by atoms with Crippen molar-refractivity contribution in [3.05, 3.63) is 88.4 Å². The first-order chi connectivity index (χ1) is 15.4. The van der Waals surface area contributed by atoms with Crippen molar-refractivity contribution in [1.82, 2.24) is 0 Å². The second-order valence-corrected chi connectivity index (χ2v) is 8.23. The fraction of sp³-hybridized carbons (Fsp3) is 0.125. The minimum atomic E-state index is -0.448. The van der Waals surface area contributed by atoms with Crippen molar-refractivity contribution in [3.8, 4) is 0 Å². The van der Waals surface area contributed by atoms with Crippen LogP contribution in [0.4, 0.5) is 17.1 Å². The van der Waals surface area contributed by atoms with Gasteiger partial charge in [-0.05, 0) is 54.6 Å². The molecule has 0 aromatic heterocycles. The normalized spacial score (nSPS) is 15.5. The molecule has 1 saturated heterocycles. The molecule has 1 aliphatic heterocycles. The Morgan fingerprint density at radius 2 is 1.62 bits per heavy atom. The van der Waals surface area contributed by atoms with E-state index in [0.717, 1.165) is 5.69 Å². The summed E-state index contributed by atoms with van der Waals surface area (Å²) in [5.41, 5.74) is 2.13. The molecule has 8 heteroatoms. The molecule has 162 valence electrons. The molecule has 0 aliphatic carbocycles. The van der Waals surface area contributed by atoms with Crippen molar-refractivity contribution in [2.24, 2.45) is 5.92 Å². The number of anilines is 3. The third-order valence-corrected chi connectivity index (χ3v) is 5.72. The maximum Gasteiger partial charge on any atom is 0.255 e. The van der Waals surface area contributed by atoms with Gasteiger partial charge in [-0.2, -0.15) is 0 Å². The molecule has 1 fully saturated rings. The highest BCUT2D eigenvalue weighted by Crippen LogP contribution is 2.27. The van der Waals surface area contributed by atoms with Crippen LogP contribution in [0.15, 0.2) is 72.8 Å². The summed E-state index contributed by atoms with van der Waals surface area (Å²) < 4.78 is 0.